The molecule has 0 spiro atoms. The van der Waals surface area contributed by atoms with Gasteiger partial charge in [0.15, 0.2) is 4.77 Å². The zero-order valence-electron chi connectivity index (χ0n) is 9.82. The quantitative estimate of drug-likeness (QED) is 0.856. The first-order valence-corrected chi connectivity index (χ1v) is 6.68. The highest BCUT2D eigenvalue weighted by Crippen LogP contribution is 2.25. The number of hydrogen-bond acceptors (Lipinski definition) is 3. The average Bonchev–Trinajstić information content (AvgIpc) is 2.31. The summed E-state index contributed by atoms with van der Waals surface area (Å²) in [7, 11) is 0. The Bertz CT molecular complexity index is 703. The van der Waals surface area contributed by atoms with Crippen LogP contribution in [0, 0.1) is 4.77 Å². The van der Waals surface area contributed by atoms with Gasteiger partial charge in [-0.05, 0) is 36.3 Å². The molecule has 0 bridgehead atoms. The third-order valence-electron chi connectivity index (χ3n) is 2.71. The lowest BCUT2D eigenvalue weighted by atomic mass is 10.1. The van der Waals surface area contributed by atoms with Gasteiger partial charge in [0.05, 0.1) is 0 Å². The summed E-state index contributed by atoms with van der Waals surface area (Å²) in [6, 6.07) is 6.63. The monoisotopic (exact) mass is 315 g/mol. The van der Waals surface area contributed by atoms with Crippen molar-refractivity contribution >= 4 is 41.2 Å². The molecule has 1 aromatic carbocycles. The predicted molar refractivity (Wildman–Crippen MR) is 80.5 cm³/mol. The fourth-order valence-electron chi connectivity index (χ4n) is 1.76. The van der Waals surface area contributed by atoms with Gasteiger partial charge in [-0.2, -0.15) is 0 Å². The number of hydrogen-bond donors (Lipinski definition) is 2. The van der Waals surface area contributed by atoms with Crippen molar-refractivity contribution in [3.8, 4) is 0 Å². The molecule has 0 unspecified atom stereocenters. The van der Waals surface area contributed by atoms with E-state index in [1.165, 1.54) is 6.07 Å². The summed E-state index contributed by atoms with van der Waals surface area (Å²) in [5.74, 6) is 0.317. The van der Waals surface area contributed by atoms with E-state index in [2.05, 4.69) is 4.98 Å². The molecule has 0 saturated carbocycles. The largest absolute Gasteiger partial charge is 0.385 e. The van der Waals surface area contributed by atoms with Gasteiger partial charge < -0.3 is 10.3 Å². The Labute approximate surface area is 124 Å². The smallest absolute Gasteiger partial charge is 0.253 e. The van der Waals surface area contributed by atoms with E-state index in [0.717, 1.165) is 5.56 Å². The molecule has 3 N–H and O–H groups in total. The van der Waals surface area contributed by atoms with Crippen molar-refractivity contribution < 1.29 is 0 Å². The molecular weight excluding hydrogens is 305 g/mol. The summed E-state index contributed by atoms with van der Waals surface area (Å²) in [6.07, 6.45) is 0.572. The van der Waals surface area contributed by atoms with Crippen molar-refractivity contribution in [1.29, 1.82) is 0 Å². The minimum Gasteiger partial charge on any atom is -0.385 e. The van der Waals surface area contributed by atoms with Crippen LogP contribution in [-0.4, -0.2) is 9.55 Å². The second kappa shape index (κ2) is 5.77. The normalized spacial score (nSPS) is 10.6. The van der Waals surface area contributed by atoms with Gasteiger partial charge >= 0.3 is 0 Å². The van der Waals surface area contributed by atoms with Crippen molar-refractivity contribution in [2.75, 3.05) is 5.73 Å². The van der Waals surface area contributed by atoms with Crippen molar-refractivity contribution in [2.45, 2.75) is 13.0 Å². The maximum atomic E-state index is 11.2. The van der Waals surface area contributed by atoms with E-state index in [4.69, 9.17) is 41.2 Å². The number of rotatable bonds is 3. The van der Waals surface area contributed by atoms with E-state index in [1.54, 1.807) is 22.8 Å². The second-order valence-electron chi connectivity index (χ2n) is 3.97. The number of benzene rings is 1. The SMILES string of the molecule is Nc1cc(=O)[nH]c(=S)n1CCc1c(Cl)cccc1Cl. The van der Waals surface area contributed by atoms with Crippen molar-refractivity contribution in [3.63, 3.8) is 0 Å². The third kappa shape index (κ3) is 3.18. The van der Waals surface area contributed by atoms with Gasteiger partial charge in [0.25, 0.3) is 5.56 Å². The van der Waals surface area contributed by atoms with Crippen molar-refractivity contribution in [1.82, 2.24) is 9.55 Å². The Balaban J connectivity index is 2.29. The van der Waals surface area contributed by atoms with Crippen LogP contribution in [-0.2, 0) is 13.0 Å². The van der Waals surface area contributed by atoms with Crippen LogP contribution in [0.1, 0.15) is 5.56 Å². The van der Waals surface area contributed by atoms with Crippen LogP contribution in [0.25, 0.3) is 0 Å². The molecule has 100 valence electrons. The van der Waals surface area contributed by atoms with Gasteiger partial charge in [0.1, 0.15) is 5.82 Å². The fraction of sp³-hybridized carbons (Fsp3) is 0.167. The summed E-state index contributed by atoms with van der Waals surface area (Å²) < 4.78 is 1.92. The van der Waals surface area contributed by atoms with Crippen molar-refractivity contribution in [3.05, 3.63) is 55.0 Å². The molecule has 0 aliphatic heterocycles. The Morgan fingerprint density at radius 3 is 2.53 bits per heavy atom. The number of H-pyrrole nitrogens is 1. The highest BCUT2D eigenvalue weighted by Gasteiger charge is 2.07. The standard InChI is InChI=1S/C12H11Cl2N3OS/c13-8-2-1-3-9(14)7(8)4-5-17-10(15)6-11(18)16-12(17)19/h1-3,6H,4-5,15H2,(H,16,18,19). The molecule has 0 aliphatic carbocycles. The lowest BCUT2D eigenvalue weighted by molar-refractivity contribution is 0.673. The lowest BCUT2D eigenvalue weighted by Gasteiger charge is -2.11. The van der Waals surface area contributed by atoms with E-state index in [1.807, 2.05) is 0 Å². The van der Waals surface area contributed by atoms with E-state index in [0.29, 0.717) is 28.8 Å². The maximum absolute atomic E-state index is 11.2. The Morgan fingerprint density at radius 2 is 1.95 bits per heavy atom. The van der Waals surface area contributed by atoms with Crippen LogP contribution in [0.5, 0.6) is 0 Å². The molecule has 1 aromatic heterocycles. The number of halogens is 2. The van der Waals surface area contributed by atoms with E-state index >= 15 is 0 Å². The molecule has 19 heavy (non-hydrogen) atoms. The van der Waals surface area contributed by atoms with Crippen LogP contribution in [0.15, 0.2) is 29.1 Å². The number of nitrogen functional groups attached to an aromatic ring is 1. The molecule has 0 amide bonds. The number of aromatic nitrogens is 2. The summed E-state index contributed by atoms with van der Waals surface area (Å²) in [6.45, 7) is 0.491. The van der Waals surface area contributed by atoms with Crippen molar-refractivity contribution in [2.24, 2.45) is 0 Å². The highest BCUT2D eigenvalue weighted by molar-refractivity contribution is 7.71. The minimum atomic E-state index is -0.311. The molecule has 2 aromatic rings. The molecule has 0 aliphatic rings. The average molecular weight is 316 g/mol. The number of nitrogens with one attached hydrogen (secondary N) is 1. The van der Waals surface area contributed by atoms with E-state index in [9.17, 15) is 4.79 Å². The third-order valence-corrected chi connectivity index (χ3v) is 3.74. The molecule has 1 heterocycles. The van der Waals surface area contributed by atoms with Gasteiger partial charge in [-0.15, -0.1) is 0 Å². The molecule has 0 radical (unpaired) electrons. The number of aromatic amines is 1. The molecule has 0 saturated heterocycles. The fourth-order valence-corrected chi connectivity index (χ4v) is 2.65. The lowest BCUT2D eigenvalue weighted by Crippen LogP contribution is -2.17. The Kier molecular flexibility index (Phi) is 4.29. The summed E-state index contributed by atoms with van der Waals surface area (Å²) >= 11 is 17.3. The van der Waals surface area contributed by atoms with Gasteiger partial charge in [-0.1, -0.05) is 29.3 Å². The van der Waals surface area contributed by atoms with Crippen LogP contribution in [0.2, 0.25) is 10.0 Å². The topological polar surface area (TPSA) is 63.8 Å². The molecule has 4 nitrogen and oxygen atoms in total. The first-order chi connectivity index (χ1) is 8.99. The first kappa shape index (κ1) is 14.1. The van der Waals surface area contributed by atoms with E-state index in [-0.39, 0.29) is 10.3 Å². The summed E-state index contributed by atoms with van der Waals surface area (Å²) in [4.78, 5) is 13.7. The Hall–Kier alpha value is -1.30. The zero-order valence-corrected chi connectivity index (χ0v) is 12.1. The Morgan fingerprint density at radius 1 is 1.32 bits per heavy atom. The van der Waals surface area contributed by atoms with Crippen LogP contribution >= 0.6 is 35.4 Å². The number of anilines is 1. The van der Waals surface area contributed by atoms with Crippen LogP contribution < -0.4 is 11.3 Å². The van der Waals surface area contributed by atoms with Gasteiger partial charge in [-0.3, -0.25) is 9.78 Å². The number of nitrogens with zero attached hydrogens (tertiary/aromatic N) is 1. The summed E-state index contributed by atoms with van der Waals surface area (Å²) in [5, 5.41) is 1.20. The molecule has 0 atom stereocenters. The van der Waals surface area contributed by atoms with Gasteiger partial charge in [0.2, 0.25) is 0 Å². The summed E-state index contributed by atoms with van der Waals surface area (Å²) in [5.41, 5.74) is 6.29. The highest BCUT2D eigenvalue weighted by atomic mass is 35.5. The second-order valence-corrected chi connectivity index (χ2v) is 5.17. The molecular formula is C12H11Cl2N3OS. The molecule has 0 fully saturated rings. The minimum absolute atomic E-state index is 0.285. The zero-order chi connectivity index (χ0) is 14.0. The van der Waals surface area contributed by atoms with Gasteiger partial charge in [-0.25, -0.2) is 0 Å². The van der Waals surface area contributed by atoms with E-state index < -0.39 is 0 Å². The van der Waals surface area contributed by atoms with Crippen LogP contribution in [0.4, 0.5) is 5.82 Å². The maximum Gasteiger partial charge on any atom is 0.253 e. The van der Waals surface area contributed by atoms with Gasteiger partial charge in [0, 0.05) is 22.7 Å². The molecule has 7 heteroatoms. The van der Waals surface area contributed by atoms with Crippen LogP contribution in [0.3, 0.4) is 0 Å². The number of nitrogens with two attached hydrogens (primary N) is 1. The molecule has 2 rings (SSSR count). The predicted octanol–water partition coefficient (Wildman–Crippen LogP) is 3.04. The first-order valence-electron chi connectivity index (χ1n) is 5.51.